The van der Waals surface area contributed by atoms with E-state index in [2.05, 4.69) is 87.3 Å². The molecule has 0 amide bonds. The normalized spacial score (nSPS) is 12.0. The van der Waals surface area contributed by atoms with Crippen LogP contribution in [0.4, 0.5) is 11.4 Å². The number of benzene rings is 3. The van der Waals surface area contributed by atoms with Crippen LogP contribution in [0.25, 0.3) is 22.0 Å². The number of pyridine rings is 1. The Morgan fingerprint density at radius 1 is 0.784 bits per heavy atom. The van der Waals surface area contributed by atoms with E-state index in [1.807, 2.05) is 30.5 Å². The van der Waals surface area contributed by atoms with Gasteiger partial charge in [0, 0.05) is 53.3 Å². The van der Waals surface area contributed by atoms with E-state index in [9.17, 15) is 0 Å². The number of nitrogens with zero attached hydrogens (tertiary/aromatic N) is 2. The molecule has 3 aromatic carbocycles. The van der Waals surface area contributed by atoms with Crippen LogP contribution < -0.4 is 14.4 Å². The van der Waals surface area contributed by atoms with Gasteiger partial charge in [-0.2, -0.15) is 0 Å². The predicted octanol–water partition coefficient (Wildman–Crippen LogP) is 8.08. The summed E-state index contributed by atoms with van der Waals surface area (Å²) in [6.07, 6.45) is 1.94. The second-order valence-corrected chi connectivity index (χ2v) is 15.6. The van der Waals surface area contributed by atoms with Crippen molar-refractivity contribution < 1.29 is 13.9 Å². The quantitative estimate of drug-likeness (QED) is 0.211. The van der Waals surface area contributed by atoms with Crippen molar-refractivity contribution in [1.29, 1.82) is 0 Å². The molecule has 0 aliphatic rings. The molecule has 1 heterocycles. The maximum absolute atomic E-state index is 6.57. The van der Waals surface area contributed by atoms with E-state index < -0.39 is 8.32 Å². The molecule has 5 nitrogen and oxygen atoms in total. The van der Waals surface area contributed by atoms with Gasteiger partial charge in [-0.05, 0) is 48.0 Å². The van der Waals surface area contributed by atoms with Gasteiger partial charge in [0.2, 0.25) is 0 Å². The first-order valence-electron chi connectivity index (χ1n) is 12.7. The van der Waals surface area contributed by atoms with Crippen LogP contribution in [0.3, 0.4) is 0 Å². The highest BCUT2D eigenvalue weighted by Gasteiger charge is 2.37. The van der Waals surface area contributed by atoms with Crippen molar-refractivity contribution in [2.75, 3.05) is 32.3 Å². The lowest BCUT2D eigenvalue weighted by Gasteiger charge is -2.37. The van der Waals surface area contributed by atoms with E-state index in [0.717, 1.165) is 44.9 Å². The molecular weight excluding hydrogens is 476 g/mol. The summed E-state index contributed by atoms with van der Waals surface area (Å²) in [7, 11) is 1.47. The van der Waals surface area contributed by atoms with Crippen LogP contribution in [0.2, 0.25) is 18.1 Å². The van der Waals surface area contributed by atoms with Crippen LogP contribution in [-0.4, -0.2) is 40.7 Å². The first-order chi connectivity index (χ1) is 17.6. The lowest BCUT2D eigenvalue weighted by atomic mass is 10.0. The van der Waals surface area contributed by atoms with Crippen LogP contribution in [-0.2, 0) is 4.43 Å². The van der Waals surface area contributed by atoms with Crippen LogP contribution >= 0.6 is 0 Å². The lowest BCUT2D eigenvalue weighted by Crippen LogP contribution is -2.42. The largest absolute Gasteiger partial charge is 0.497 e. The molecular formula is C31H38N2O3Si. The summed E-state index contributed by atoms with van der Waals surface area (Å²) in [5.74, 6) is 1.50. The number of ether oxygens (including phenoxy) is 2. The monoisotopic (exact) mass is 514 g/mol. The molecule has 0 bridgehead atoms. The molecule has 4 aromatic rings. The van der Waals surface area contributed by atoms with Gasteiger partial charge in [0.1, 0.15) is 11.5 Å². The summed E-state index contributed by atoms with van der Waals surface area (Å²) in [6, 6.07) is 24.9. The smallest absolute Gasteiger partial charge is 0.192 e. The zero-order valence-electron chi connectivity index (χ0n) is 23.0. The highest BCUT2D eigenvalue weighted by atomic mass is 28.4. The van der Waals surface area contributed by atoms with Gasteiger partial charge < -0.3 is 18.8 Å². The maximum Gasteiger partial charge on any atom is 0.192 e. The third kappa shape index (κ3) is 6.14. The standard InChI is InChI=1S/C31H38N2O3Si/c1-31(2,3)37(6,7)36-16-15-33(27-19-28(34-4)21-29(20-27)35-5)26-13-14-30-24(18-26)17-25(22-32-30)23-11-9-8-10-12-23/h8-14,17-22H,15-16H2,1-7H3. The van der Waals surface area contributed by atoms with E-state index >= 15 is 0 Å². The zero-order chi connectivity index (χ0) is 26.6. The molecule has 0 unspecified atom stereocenters. The first-order valence-corrected chi connectivity index (χ1v) is 15.6. The van der Waals surface area contributed by atoms with Crippen LogP contribution in [0.15, 0.2) is 79.0 Å². The Morgan fingerprint density at radius 3 is 2.08 bits per heavy atom. The molecule has 6 heteroatoms. The van der Waals surface area contributed by atoms with Gasteiger partial charge in [-0.15, -0.1) is 0 Å². The first kappa shape index (κ1) is 26.7. The fraction of sp³-hybridized carbons (Fsp3) is 0.323. The summed E-state index contributed by atoms with van der Waals surface area (Å²) in [5.41, 5.74) is 5.26. The van der Waals surface area contributed by atoms with Crippen LogP contribution in [0.1, 0.15) is 20.8 Å². The van der Waals surface area contributed by atoms with Crippen molar-refractivity contribution in [3.63, 3.8) is 0 Å². The summed E-state index contributed by atoms with van der Waals surface area (Å²) >= 11 is 0. The van der Waals surface area contributed by atoms with Crippen molar-refractivity contribution in [2.24, 2.45) is 0 Å². The van der Waals surface area contributed by atoms with Gasteiger partial charge in [0.25, 0.3) is 0 Å². The third-order valence-corrected chi connectivity index (χ3v) is 11.9. The topological polar surface area (TPSA) is 43.8 Å². The summed E-state index contributed by atoms with van der Waals surface area (Å²) in [5, 5.41) is 1.24. The van der Waals surface area contributed by atoms with Gasteiger partial charge in [0.15, 0.2) is 8.32 Å². The average molecular weight is 515 g/mol. The fourth-order valence-corrected chi connectivity index (χ4v) is 5.07. The van der Waals surface area contributed by atoms with E-state index in [0.29, 0.717) is 13.2 Å². The highest BCUT2D eigenvalue weighted by Crippen LogP contribution is 2.38. The SMILES string of the molecule is COc1cc(OC)cc(N(CCO[Si](C)(C)C(C)(C)C)c2ccc3ncc(-c4ccccc4)cc3c2)c1. The number of methoxy groups -OCH3 is 2. The van der Waals surface area contributed by atoms with Gasteiger partial charge >= 0.3 is 0 Å². The van der Waals surface area contributed by atoms with Crippen molar-refractivity contribution in [2.45, 2.75) is 38.9 Å². The number of rotatable bonds is 9. The van der Waals surface area contributed by atoms with Crippen molar-refractivity contribution in [3.8, 4) is 22.6 Å². The molecule has 0 saturated carbocycles. The molecule has 37 heavy (non-hydrogen) atoms. The van der Waals surface area contributed by atoms with E-state index in [1.54, 1.807) is 14.2 Å². The summed E-state index contributed by atoms with van der Waals surface area (Å²) < 4.78 is 17.7. The molecule has 0 atom stereocenters. The van der Waals surface area contributed by atoms with Gasteiger partial charge in [-0.1, -0.05) is 51.1 Å². The number of fused-ring (bicyclic) bond motifs is 1. The highest BCUT2D eigenvalue weighted by molar-refractivity contribution is 6.74. The maximum atomic E-state index is 6.57. The van der Waals surface area contributed by atoms with Crippen molar-refractivity contribution in [1.82, 2.24) is 4.98 Å². The molecule has 194 valence electrons. The lowest BCUT2D eigenvalue weighted by molar-refractivity contribution is 0.297. The van der Waals surface area contributed by atoms with E-state index in [4.69, 9.17) is 18.9 Å². The van der Waals surface area contributed by atoms with Crippen molar-refractivity contribution >= 4 is 30.6 Å². The van der Waals surface area contributed by atoms with Crippen LogP contribution in [0.5, 0.6) is 11.5 Å². The van der Waals surface area contributed by atoms with Gasteiger partial charge in [-0.25, -0.2) is 0 Å². The van der Waals surface area contributed by atoms with E-state index in [1.165, 1.54) is 0 Å². The minimum absolute atomic E-state index is 0.152. The summed E-state index contributed by atoms with van der Waals surface area (Å²) in [4.78, 5) is 7.00. The van der Waals surface area contributed by atoms with Crippen LogP contribution in [0, 0.1) is 0 Å². The number of anilines is 2. The second-order valence-electron chi connectivity index (χ2n) is 10.8. The number of hydrogen-bond acceptors (Lipinski definition) is 5. The van der Waals surface area contributed by atoms with Gasteiger partial charge in [-0.3, -0.25) is 4.98 Å². The Morgan fingerprint density at radius 2 is 1.46 bits per heavy atom. The Labute approximate surface area is 222 Å². The second kappa shape index (κ2) is 10.9. The molecule has 0 saturated heterocycles. The molecule has 0 radical (unpaired) electrons. The van der Waals surface area contributed by atoms with E-state index in [-0.39, 0.29) is 5.04 Å². The Hall–Kier alpha value is -3.35. The molecule has 0 fully saturated rings. The average Bonchev–Trinajstić information content (AvgIpc) is 2.90. The van der Waals surface area contributed by atoms with Crippen molar-refractivity contribution in [3.05, 3.63) is 79.0 Å². The third-order valence-electron chi connectivity index (χ3n) is 7.32. The minimum Gasteiger partial charge on any atom is -0.497 e. The Kier molecular flexibility index (Phi) is 7.90. The molecule has 1 aromatic heterocycles. The Balaban J connectivity index is 1.74. The molecule has 0 spiro atoms. The minimum atomic E-state index is -1.88. The fourth-order valence-electron chi connectivity index (χ4n) is 4.04. The zero-order valence-corrected chi connectivity index (χ0v) is 24.0. The number of hydrogen-bond donors (Lipinski definition) is 0. The molecule has 0 N–H and O–H groups in total. The van der Waals surface area contributed by atoms with Gasteiger partial charge in [0.05, 0.1) is 26.3 Å². The predicted molar refractivity (Wildman–Crippen MR) is 157 cm³/mol. The Bertz CT molecular complexity index is 1330. The molecule has 0 aliphatic heterocycles. The molecule has 0 aliphatic carbocycles. The number of aromatic nitrogens is 1. The molecule has 4 rings (SSSR count). The summed E-state index contributed by atoms with van der Waals surface area (Å²) in [6.45, 7) is 12.7.